The first kappa shape index (κ1) is 20.7. The molecule has 3 aromatic heterocycles. The third-order valence-corrected chi connectivity index (χ3v) is 8.13. The molecule has 4 aromatic rings. The van der Waals surface area contributed by atoms with Crippen LogP contribution in [-0.2, 0) is 16.6 Å². The molecule has 8 nitrogen and oxygen atoms in total. The minimum atomic E-state index is -3.77. The summed E-state index contributed by atoms with van der Waals surface area (Å²) in [6.45, 7) is 0.289. The van der Waals surface area contributed by atoms with Gasteiger partial charge in [0, 0.05) is 24.0 Å². The minimum absolute atomic E-state index is 0.214. The van der Waals surface area contributed by atoms with E-state index in [0.29, 0.717) is 23.5 Å². The number of nitrogens with zero attached hydrogens (tertiary/aromatic N) is 5. The van der Waals surface area contributed by atoms with Crippen LogP contribution in [-0.4, -0.2) is 26.9 Å². The predicted molar refractivity (Wildman–Crippen MR) is 121 cm³/mol. The number of pyridine rings is 1. The highest BCUT2D eigenvalue weighted by molar-refractivity contribution is 7.90. The van der Waals surface area contributed by atoms with Crippen LogP contribution in [0.1, 0.15) is 44.0 Å². The Morgan fingerprint density at radius 3 is 2.56 bits per heavy atom. The van der Waals surface area contributed by atoms with E-state index in [0.717, 1.165) is 42.4 Å². The van der Waals surface area contributed by atoms with Gasteiger partial charge in [0.25, 0.3) is 10.0 Å². The normalized spacial score (nSPS) is 19.4. The van der Waals surface area contributed by atoms with Crippen molar-refractivity contribution in [1.29, 1.82) is 5.26 Å². The molecule has 0 atom stereocenters. The molecule has 0 unspecified atom stereocenters. The number of hydrogen-bond donors (Lipinski definition) is 1. The minimum Gasteiger partial charge on any atom is -0.324 e. The summed E-state index contributed by atoms with van der Waals surface area (Å²) in [6.07, 6.45) is 7.64. The van der Waals surface area contributed by atoms with Crippen LogP contribution in [0.5, 0.6) is 0 Å². The van der Waals surface area contributed by atoms with Crippen molar-refractivity contribution in [2.45, 2.75) is 49.6 Å². The smallest absolute Gasteiger partial charge is 0.269 e. The number of nitrogens with two attached hydrogens (primary N) is 1. The zero-order valence-electron chi connectivity index (χ0n) is 17.6. The van der Waals surface area contributed by atoms with Gasteiger partial charge in [0.1, 0.15) is 11.3 Å². The Morgan fingerprint density at radius 2 is 1.88 bits per heavy atom. The van der Waals surface area contributed by atoms with E-state index in [-0.39, 0.29) is 17.5 Å². The molecule has 0 radical (unpaired) electrons. The molecule has 0 amide bonds. The van der Waals surface area contributed by atoms with Gasteiger partial charge in [-0.15, -0.1) is 0 Å². The Kier molecular flexibility index (Phi) is 5.19. The quantitative estimate of drug-likeness (QED) is 0.497. The first-order valence-corrected chi connectivity index (χ1v) is 12.2. The second kappa shape index (κ2) is 8.04. The maximum atomic E-state index is 13.2. The lowest BCUT2D eigenvalue weighted by molar-refractivity contribution is 0.278. The van der Waals surface area contributed by atoms with E-state index in [1.165, 1.54) is 3.97 Å². The Morgan fingerprint density at radius 1 is 1.12 bits per heavy atom. The molecule has 0 aliphatic heterocycles. The molecule has 0 bridgehead atoms. The van der Waals surface area contributed by atoms with E-state index < -0.39 is 10.0 Å². The molecular weight excluding hydrogens is 424 g/mol. The fourth-order valence-corrected chi connectivity index (χ4v) is 6.19. The monoisotopic (exact) mass is 448 g/mol. The number of aromatic nitrogens is 4. The Labute approximate surface area is 186 Å². The molecule has 0 spiro atoms. The molecule has 1 aromatic carbocycles. The zero-order chi connectivity index (χ0) is 22.3. The number of hydrogen-bond acceptors (Lipinski definition) is 6. The molecule has 32 heavy (non-hydrogen) atoms. The maximum absolute atomic E-state index is 13.2. The van der Waals surface area contributed by atoms with Crippen LogP contribution in [0.2, 0.25) is 0 Å². The second-order valence-electron chi connectivity index (χ2n) is 8.30. The van der Waals surface area contributed by atoms with E-state index in [1.54, 1.807) is 48.8 Å². The third-order valence-electron chi connectivity index (χ3n) is 6.45. The number of fused-ring (bicyclic) bond motifs is 3. The van der Waals surface area contributed by atoms with Crippen LogP contribution in [0.25, 0.3) is 22.1 Å². The van der Waals surface area contributed by atoms with Crippen molar-refractivity contribution in [1.82, 2.24) is 18.5 Å². The van der Waals surface area contributed by atoms with Crippen molar-refractivity contribution >= 4 is 32.1 Å². The van der Waals surface area contributed by atoms with Gasteiger partial charge in [-0.05, 0) is 49.8 Å². The van der Waals surface area contributed by atoms with E-state index in [2.05, 4.69) is 15.6 Å². The largest absolute Gasteiger partial charge is 0.324 e. The van der Waals surface area contributed by atoms with E-state index in [4.69, 9.17) is 16.0 Å². The molecule has 1 saturated carbocycles. The lowest BCUT2D eigenvalue weighted by atomic mass is 9.84. The van der Waals surface area contributed by atoms with Crippen LogP contribution in [0.3, 0.4) is 0 Å². The predicted octanol–water partition coefficient (Wildman–Crippen LogP) is 3.73. The molecule has 5 rings (SSSR count). The average Bonchev–Trinajstić information content (AvgIpc) is 3.42. The maximum Gasteiger partial charge on any atom is 0.269 e. The van der Waals surface area contributed by atoms with Gasteiger partial charge < -0.3 is 10.3 Å². The van der Waals surface area contributed by atoms with Gasteiger partial charge in [-0.2, -0.15) is 5.26 Å². The summed E-state index contributed by atoms with van der Waals surface area (Å²) in [5.74, 6) is 1.21. The highest BCUT2D eigenvalue weighted by Gasteiger charge is 2.28. The Bertz CT molecular complexity index is 1420. The fourth-order valence-electron chi connectivity index (χ4n) is 4.87. The summed E-state index contributed by atoms with van der Waals surface area (Å²) in [5.41, 5.74) is 8.01. The zero-order valence-corrected chi connectivity index (χ0v) is 18.4. The van der Waals surface area contributed by atoms with Crippen molar-refractivity contribution in [3.05, 3.63) is 54.6 Å². The number of imidazole rings is 1. The van der Waals surface area contributed by atoms with Gasteiger partial charge in [0.05, 0.1) is 29.2 Å². The van der Waals surface area contributed by atoms with Gasteiger partial charge in [-0.1, -0.05) is 18.2 Å². The molecule has 164 valence electrons. The molecule has 9 heteroatoms. The molecular formula is C23H24N6O2S. The number of rotatable bonds is 5. The van der Waals surface area contributed by atoms with Gasteiger partial charge in [0.15, 0.2) is 5.65 Å². The summed E-state index contributed by atoms with van der Waals surface area (Å²) >= 11 is 0. The second-order valence-corrected chi connectivity index (χ2v) is 10.1. The van der Waals surface area contributed by atoms with Gasteiger partial charge >= 0.3 is 0 Å². The van der Waals surface area contributed by atoms with Crippen molar-refractivity contribution in [2.24, 2.45) is 11.7 Å². The SMILES string of the molecule is N#CC[C@H]1CC[C@H](n2c(CN)nc3cnc4c(ccn4S(=O)(=O)c4ccccc4)c32)CC1. The first-order valence-electron chi connectivity index (χ1n) is 10.8. The van der Waals surface area contributed by atoms with Gasteiger partial charge in [0.2, 0.25) is 0 Å². The molecule has 0 saturated heterocycles. The van der Waals surface area contributed by atoms with Crippen molar-refractivity contribution in [3.63, 3.8) is 0 Å². The van der Waals surface area contributed by atoms with Gasteiger partial charge in [-0.3, -0.25) is 0 Å². The molecule has 1 aliphatic rings. The molecule has 3 heterocycles. The topological polar surface area (TPSA) is 120 Å². The van der Waals surface area contributed by atoms with Crippen LogP contribution in [0, 0.1) is 17.2 Å². The van der Waals surface area contributed by atoms with Gasteiger partial charge in [-0.25, -0.2) is 22.4 Å². The van der Waals surface area contributed by atoms with Crippen LogP contribution >= 0.6 is 0 Å². The van der Waals surface area contributed by atoms with Crippen molar-refractivity contribution in [3.8, 4) is 6.07 Å². The van der Waals surface area contributed by atoms with E-state index in [1.807, 2.05) is 0 Å². The molecule has 2 N–H and O–H groups in total. The lowest BCUT2D eigenvalue weighted by Crippen LogP contribution is -2.21. The van der Waals surface area contributed by atoms with E-state index >= 15 is 0 Å². The van der Waals surface area contributed by atoms with Crippen LogP contribution < -0.4 is 5.73 Å². The Balaban J connectivity index is 1.65. The van der Waals surface area contributed by atoms with Crippen LogP contribution in [0.4, 0.5) is 0 Å². The number of benzene rings is 1. The lowest BCUT2D eigenvalue weighted by Gasteiger charge is -2.29. The molecule has 1 aliphatic carbocycles. The first-order chi connectivity index (χ1) is 15.5. The summed E-state index contributed by atoms with van der Waals surface area (Å²) in [4.78, 5) is 9.38. The third kappa shape index (κ3) is 3.27. The number of nitriles is 1. The molecule has 1 fully saturated rings. The van der Waals surface area contributed by atoms with Crippen LogP contribution in [0.15, 0.2) is 53.7 Å². The van der Waals surface area contributed by atoms with E-state index in [9.17, 15) is 8.42 Å². The Hall–Kier alpha value is -3.22. The summed E-state index contributed by atoms with van der Waals surface area (Å²) in [6, 6.07) is 12.7. The highest BCUT2D eigenvalue weighted by atomic mass is 32.2. The highest BCUT2D eigenvalue weighted by Crippen LogP contribution is 2.38. The summed E-state index contributed by atoms with van der Waals surface area (Å²) < 4.78 is 29.9. The standard InChI is InChI=1S/C23H24N6O2S/c24-12-10-16-6-8-17(9-7-16)29-21(14-25)27-20-15-26-23-19(22(20)29)11-13-28(23)32(30,31)18-4-2-1-3-5-18/h1-5,11,13,15-17H,6-10,14,25H2/t16-,17-. The summed E-state index contributed by atoms with van der Waals surface area (Å²) in [5, 5.41) is 9.76. The summed E-state index contributed by atoms with van der Waals surface area (Å²) in [7, 11) is -3.77. The average molecular weight is 449 g/mol. The fraction of sp³-hybridized carbons (Fsp3) is 0.348. The van der Waals surface area contributed by atoms with Crippen molar-refractivity contribution < 1.29 is 8.42 Å². The van der Waals surface area contributed by atoms with Crippen molar-refractivity contribution in [2.75, 3.05) is 0 Å².